The van der Waals surface area contributed by atoms with E-state index in [1.165, 1.54) is 10.6 Å². The highest BCUT2D eigenvalue weighted by Gasteiger charge is 2.19. The minimum absolute atomic E-state index is 0.115. The first kappa shape index (κ1) is 12.4. The Hall–Kier alpha value is -1.66. The standard InChI is InChI=1S/C13H18N4O2/c1-8(14)10-7-13(18)17-12(15-10)6-11(16-17)9-2-4-19-5-3-9/h6-9,16H,2-5,14H2,1H3. The second-order valence-electron chi connectivity index (χ2n) is 5.10. The van der Waals surface area contributed by atoms with Gasteiger partial charge in [-0.25, -0.2) is 9.50 Å². The first-order valence-electron chi connectivity index (χ1n) is 6.61. The van der Waals surface area contributed by atoms with Gasteiger partial charge in [0, 0.05) is 43.0 Å². The number of H-pyrrole nitrogens is 1. The van der Waals surface area contributed by atoms with E-state index in [-0.39, 0.29) is 11.6 Å². The van der Waals surface area contributed by atoms with Crippen LogP contribution in [0.25, 0.3) is 5.65 Å². The largest absolute Gasteiger partial charge is 0.381 e. The van der Waals surface area contributed by atoms with Crippen molar-refractivity contribution in [2.45, 2.75) is 31.7 Å². The van der Waals surface area contributed by atoms with Crippen molar-refractivity contribution in [3.63, 3.8) is 0 Å². The van der Waals surface area contributed by atoms with Crippen molar-refractivity contribution in [1.29, 1.82) is 0 Å². The molecule has 0 radical (unpaired) electrons. The SMILES string of the molecule is CC(N)c1cc(=O)n2[nH]c(C3CCOCC3)cc2n1. The molecule has 1 unspecified atom stereocenters. The van der Waals surface area contributed by atoms with Crippen molar-refractivity contribution >= 4 is 5.65 Å². The van der Waals surface area contributed by atoms with Crippen LogP contribution in [-0.4, -0.2) is 27.8 Å². The van der Waals surface area contributed by atoms with Gasteiger partial charge in [-0.2, -0.15) is 0 Å². The summed E-state index contributed by atoms with van der Waals surface area (Å²) >= 11 is 0. The molecule has 0 bridgehead atoms. The van der Waals surface area contributed by atoms with E-state index in [1.807, 2.05) is 13.0 Å². The molecule has 0 aliphatic carbocycles. The first-order valence-corrected chi connectivity index (χ1v) is 6.61. The average molecular weight is 262 g/mol. The van der Waals surface area contributed by atoms with Gasteiger partial charge in [0.05, 0.1) is 5.69 Å². The lowest BCUT2D eigenvalue weighted by Crippen LogP contribution is -2.19. The molecule has 1 atom stereocenters. The second kappa shape index (κ2) is 4.79. The Labute approximate surface area is 110 Å². The van der Waals surface area contributed by atoms with Crippen LogP contribution in [0, 0.1) is 0 Å². The molecule has 0 aromatic carbocycles. The van der Waals surface area contributed by atoms with Crippen LogP contribution in [0.4, 0.5) is 0 Å². The number of aromatic amines is 1. The Bertz CT molecular complexity index is 638. The maximum Gasteiger partial charge on any atom is 0.272 e. The maximum absolute atomic E-state index is 12.0. The van der Waals surface area contributed by atoms with E-state index in [4.69, 9.17) is 10.5 Å². The Morgan fingerprint density at radius 1 is 1.47 bits per heavy atom. The van der Waals surface area contributed by atoms with Gasteiger partial charge in [0.15, 0.2) is 5.65 Å². The number of aromatic nitrogens is 3. The Morgan fingerprint density at radius 3 is 2.89 bits per heavy atom. The van der Waals surface area contributed by atoms with E-state index in [0.717, 1.165) is 31.7 Å². The molecule has 6 nitrogen and oxygen atoms in total. The molecule has 3 rings (SSSR count). The lowest BCUT2D eigenvalue weighted by atomic mass is 9.97. The van der Waals surface area contributed by atoms with Gasteiger partial charge in [0.25, 0.3) is 5.56 Å². The van der Waals surface area contributed by atoms with E-state index >= 15 is 0 Å². The Kier molecular flexibility index (Phi) is 3.12. The average Bonchev–Trinajstić information content (AvgIpc) is 2.84. The first-order chi connectivity index (χ1) is 9.15. The zero-order valence-corrected chi connectivity index (χ0v) is 10.9. The van der Waals surface area contributed by atoms with Gasteiger partial charge in [-0.3, -0.25) is 9.89 Å². The molecule has 19 heavy (non-hydrogen) atoms. The van der Waals surface area contributed by atoms with Crippen LogP contribution in [0.5, 0.6) is 0 Å². The molecule has 0 saturated carbocycles. The van der Waals surface area contributed by atoms with Gasteiger partial charge in [0.1, 0.15) is 0 Å². The summed E-state index contributed by atoms with van der Waals surface area (Å²) in [4.78, 5) is 16.4. The minimum atomic E-state index is -0.237. The fourth-order valence-electron chi connectivity index (χ4n) is 2.48. The lowest BCUT2D eigenvalue weighted by Gasteiger charge is -2.20. The molecule has 3 heterocycles. The molecule has 1 aliphatic heterocycles. The Morgan fingerprint density at radius 2 is 2.21 bits per heavy atom. The Balaban J connectivity index is 2.04. The monoisotopic (exact) mass is 262 g/mol. The summed E-state index contributed by atoms with van der Waals surface area (Å²) in [6.07, 6.45) is 1.95. The van der Waals surface area contributed by atoms with Gasteiger partial charge < -0.3 is 10.5 Å². The van der Waals surface area contributed by atoms with Crippen LogP contribution in [0.2, 0.25) is 0 Å². The summed E-state index contributed by atoms with van der Waals surface area (Å²) in [5.41, 5.74) is 7.99. The van der Waals surface area contributed by atoms with E-state index < -0.39 is 0 Å². The predicted octanol–water partition coefficient (Wildman–Crippen LogP) is 0.936. The van der Waals surface area contributed by atoms with Crippen molar-refractivity contribution in [3.8, 4) is 0 Å². The van der Waals surface area contributed by atoms with Gasteiger partial charge in [-0.1, -0.05) is 0 Å². The van der Waals surface area contributed by atoms with Crippen molar-refractivity contribution in [1.82, 2.24) is 14.6 Å². The van der Waals surface area contributed by atoms with Crippen LogP contribution >= 0.6 is 0 Å². The number of nitrogens with zero attached hydrogens (tertiary/aromatic N) is 2. The molecule has 6 heteroatoms. The molecular formula is C13H18N4O2. The fourth-order valence-corrected chi connectivity index (χ4v) is 2.48. The van der Waals surface area contributed by atoms with Crippen LogP contribution in [0.1, 0.15) is 43.1 Å². The molecular weight excluding hydrogens is 244 g/mol. The quantitative estimate of drug-likeness (QED) is 0.843. The van der Waals surface area contributed by atoms with E-state index in [2.05, 4.69) is 10.1 Å². The molecule has 2 aromatic heterocycles. The van der Waals surface area contributed by atoms with E-state index in [0.29, 0.717) is 17.3 Å². The number of hydrogen-bond donors (Lipinski definition) is 2. The maximum atomic E-state index is 12.0. The summed E-state index contributed by atoms with van der Waals surface area (Å²) < 4.78 is 6.84. The van der Waals surface area contributed by atoms with E-state index in [1.54, 1.807) is 0 Å². The lowest BCUT2D eigenvalue weighted by molar-refractivity contribution is 0.0844. The molecule has 1 saturated heterocycles. The van der Waals surface area contributed by atoms with Crippen LogP contribution in [0.3, 0.4) is 0 Å². The van der Waals surface area contributed by atoms with E-state index in [9.17, 15) is 4.79 Å². The number of nitrogens with two attached hydrogens (primary N) is 1. The fraction of sp³-hybridized carbons (Fsp3) is 0.538. The summed E-state index contributed by atoms with van der Waals surface area (Å²) in [5.74, 6) is 0.411. The smallest absolute Gasteiger partial charge is 0.272 e. The zero-order valence-electron chi connectivity index (χ0n) is 10.9. The van der Waals surface area contributed by atoms with Gasteiger partial charge in [0.2, 0.25) is 0 Å². The third-order valence-electron chi connectivity index (χ3n) is 3.62. The normalized spacial score (nSPS) is 18.8. The highest BCUT2D eigenvalue weighted by Crippen LogP contribution is 2.26. The van der Waals surface area contributed by atoms with Crippen molar-refractivity contribution in [2.24, 2.45) is 5.73 Å². The van der Waals surface area contributed by atoms with Crippen molar-refractivity contribution in [2.75, 3.05) is 13.2 Å². The topological polar surface area (TPSA) is 85.4 Å². The number of ether oxygens (including phenoxy) is 1. The molecule has 0 spiro atoms. The number of hydrogen-bond acceptors (Lipinski definition) is 4. The third kappa shape index (κ3) is 2.29. The van der Waals surface area contributed by atoms with Crippen molar-refractivity contribution < 1.29 is 4.74 Å². The van der Waals surface area contributed by atoms with Crippen LogP contribution in [0.15, 0.2) is 16.9 Å². The van der Waals surface area contributed by atoms with Gasteiger partial charge in [-0.05, 0) is 19.8 Å². The molecule has 1 aliphatic rings. The summed E-state index contributed by atoms with van der Waals surface area (Å²) in [6.45, 7) is 3.37. The van der Waals surface area contributed by atoms with Crippen molar-refractivity contribution in [3.05, 3.63) is 33.9 Å². The van der Waals surface area contributed by atoms with Crippen LogP contribution in [-0.2, 0) is 4.74 Å². The number of fused-ring (bicyclic) bond motifs is 1. The molecule has 0 amide bonds. The molecule has 3 N–H and O–H groups in total. The molecule has 2 aromatic rings. The zero-order chi connectivity index (χ0) is 13.4. The summed E-state index contributed by atoms with van der Waals surface area (Å²) in [7, 11) is 0. The highest BCUT2D eigenvalue weighted by molar-refractivity contribution is 5.41. The predicted molar refractivity (Wildman–Crippen MR) is 71.2 cm³/mol. The minimum Gasteiger partial charge on any atom is -0.381 e. The van der Waals surface area contributed by atoms with Gasteiger partial charge >= 0.3 is 0 Å². The second-order valence-corrected chi connectivity index (χ2v) is 5.10. The molecule has 102 valence electrons. The number of rotatable bonds is 2. The number of nitrogens with one attached hydrogen (secondary N) is 1. The summed E-state index contributed by atoms with van der Waals surface area (Å²) in [5, 5.41) is 3.15. The third-order valence-corrected chi connectivity index (χ3v) is 3.62. The van der Waals surface area contributed by atoms with Gasteiger partial charge in [-0.15, -0.1) is 0 Å². The molecule has 1 fully saturated rings. The highest BCUT2D eigenvalue weighted by atomic mass is 16.5. The summed E-state index contributed by atoms with van der Waals surface area (Å²) in [6, 6.07) is 3.20. The van der Waals surface area contributed by atoms with Crippen LogP contribution < -0.4 is 11.3 Å².